The summed E-state index contributed by atoms with van der Waals surface area (Å²) in [6, 6.07) is 17.2. The quantitative estimate of drug-likeness (QED) is 0.727. The number of hydrogen-bond donors (Lipinski definition) is 0. The van der Waals surface area contributed by atoms with Crippen LogP contribution >= 0.6 is 0 Å². The summed E-state index contributed by atoms with van der Waals surface area (Å²) in [7, 11) is 1.34. The number of hydrogen-bond acceptors (Lipinski definition) is 5. The van der Waals surface area contributed by atoms with Gasteiger partial charge in [0.1, 0.15) is 0 Å². The van der Waals surface area contributed by atoms with Crippen LogP contribution in [0.15, 0.2) is 54.6 Å². The highest BCUT2D eigenvalue weighted by Gasteiger charge is 2.35. The first kappa shape index (κ1) is 19.9. The van der Waals surface area contributed by atoms with Crippen molar-refractivity contribution in [3.05, 3.63) is 60.2 Å². The summed E-state index contributed by atoms with van der Waals surface area (Å²) in [5, 5.41) is 0. The van der Waals surface area contributed by atoms with Crippen LogP contribution in [0.5, 0.6) is 0 Å². The van der Waals surface area contributed by atoms with Crippen LogP contribution in [0, 0.1) is 5.92 Å². The van der Waals surface area contributed by atoms with Crippen molar-refractivity contribution in [2.75, 3.05) is 49.6 Å². The van der Waals surface area contributed by atoms with Crippen molar-refractivity contribution in [2.45, 2.75) is 6.42 Å². The van der Waals surface area contributed by atoms with Gasteiger partial charge in [0, 0.05) is 56.1 Å². The van der Waals surface area contributed by atoms with Gasteiger partial charge in [0.15, 0.2) is 0 Å². The van der Waals surface area contributed by atoms with Crippen LogP contribution in [0.4, 0.5) is 11.4 Å². The maximum atomic E-state index is 12.6. The second kappa shape index (κ2) is 8.57. The Bertz CT molecular complexity index is 921. The van der Waals surface area contributed by atoms with Gasteiger partial charge in [-0.1, -0.05) is 18.2 Å². The van der Waals surface area contributed by atoms with Gasteiger partial charge in [0.05, 0.1) is 13.0 Å². The van der Waals surface area contributed by atoms with Crippen molar-refractivity contribution in [3.63, 3.8) is 0 Å². The molecule has 0 aromatic heterocycles. The molecule has 2 fully saturated rings. The van der Waals surface area contributed by atoms with E-state index in [0.717, 1.165) is 30.0 Å². The molecule has 2 saturated heterocycles. The van der Waals surface area contributed by atoms with Gasteiger partial charge in [-0.25, -0.2) is 0 Å². The van der Waals surface area contributed by atoms with Gasteiger partial charge in [-0.3, -0.25) is 14.4 Å². The number of anilines is 2. The van der Waals surface area contributed by atoms with Gasteiger partial charge >= 0.3 is 5.97 Å². The number of carbonyl (C=O) groups excluding carboxylic acids is 3. The fraction of sp³-hybridized carbons (Fsp3) is 0.348. The molecule has 0 saturated carbocycles. The van der Waals surface area contributed by atoms with Crippen LogP contribution in [0.3, 0.4) is 0 Å². The molecule has 1 atom stereocenters. The first-order chi connectivity index (χ1) is 14.6. The maximum absolute atomic E-state index is 12.6. The molecule has 0 N–H and O–H groups in total. The van der Waals surface area contributed by atoms with Crippen molar-refractivity contribution in [2.24, 2.45) is 5.92 Å². The molecule has 2 amide bonds. The molecule has 0 radical (unpaired) electrons. The Morgan fingerprint density at radius 2 is 1.53 bits per heavy atom. The number of methoxy groups -OCH3 is 1. The number of amides is 2. The zero-order valence-corrected chi connectivity index (χ0v) is 17.0. The minimum atomic E-state index is -0.405. The first-order valence-corrected chi connectivity index (χ1v) is 10.1. The van der Waals surface area contributed by atoms with Gasteiger partial charge in [0.2, 0.25) is 5.91 Å². The van der Waals surface area contributed by atoms with E-state index in [9.17, 15) is 14.4 Å². The Kier molecular flexibility index (Phi) is 5.70. The summed E-state index contributed by atoms with van der Waals surface area (Å²) in [5.41, 5.74) is 2.56. The number of rotatable bonds is 4. The Balaban J connectivity index is 1.36. The molecule has 156 valence electrons. The van der Waals surface area contributed by atoms with Crippen LogP contribution in [0.25, 0.3) is 0 Å². The van der Waals surface area contributed by atoms with E-state index in [2.05, 4.69) is 4.90 Å². The molecular formula is C23H25N3O4. The van der Waals surface area contributed by atoms with Gasteiger partial charge in [-0.2, -0.15) is 0 Å². The minimum absolute atomic E-state index is 0.0637. The van der Waals surface area contributed by atoms with Crippen LogP contribution in [-0.2, 0) is 14.3 Å². The zero-order chi connectivity index (χ0) is 21.1. The van der Waals surface area contributed by atoms with Crippen LogP contribution in [0.2, 0.25) is 0 Å². The van der Waals surface area contributed by atoms with E-state index in [0.29, 0.717) is 19.6 Å². The first-order valence-electron chi connectivity index (χ1n) is 10.1. The molecule has 0 spiro atoms. The van der Waals surface area contributed by atoms with Crippen molar-refractivity contribution >= 4 is 29.2 Å². The van der Waals surface area contributed by atoms with E-state index >= 15 is 0 Å². The van der Waals surface area contributed by atoms with E-state index in [1.54, 1.807) is 4.90 Å². The highest BCUT2D eigenvalue weighted by Crippen LogP contribution is 2.28. The van der Waals surface area contributed by atoms with Gasteiger partial charge < -0.3 is 19.4 Å². The highest BCUT2D eigenvalue weighted by molar-refractivity contribution is 5.99. The molecule has 2 heterocycles. The van der Waals surface area contributed by atoms with Gasteiger partial charge in [0.25, 0.3) is 5.91 Å². The van der Waals surface area contributed by atoms with E-state index in [-0.39, 0.29) is 24.2 Å². The normalized spacial score (nSPS) is 19.2. The third-order valence-corrected chi connectivity index (χ3v) is 5.77. The Hall–Kier alpha value is -3.35. The lowest BCUT2D eigenvalue weighted by Crippen LogP contribution is -2.48. The van der Waals surface area contributed by atoms with Gasteiger partial charge in [-0.05, 0) is 36.4 Å². The number of carbonyl (C=O) groups is 3. The average Bonchev–Trinajstić information content (AvgIpc) is 3.20. The fourth-order valence-electron chi connectivity index (χ4n) is 4.06. The zero-order valence-electron chi connectivity index (χ0n) is 17.0. The molecule has 0 unspecified atom stereocenters. The molecule has 2 aromatic rings. The third-order valence-electron chi connectivity index (χ3n) is 5.77. The van der Waals surface area contributed by atoms with Crippen molar-refractivity contribution in [1.29, 1.82) is 0 Å². The molecule has 0 aliphatic carbocycles. The molecule has 2 aliphatic rings. The summed E-state index contributed by atoms with van der Waals surface area (Å²) in [6.07, 6.45) is 0.186. The number of piperazine rings is 1. The molecule has 7 nitrogen and oxygen atoms in total. The summed E-state index contributed by atoms with van der Waals surface area (Å²) >= 11 is 0. The molecule has 2 aliphatic heterocycles. The number of esters is 1. The summed E-state index contributed by atoms with van der Waals surface area (Å²) in [4.78, 5) is 42.4. The fourth-order valence-corrected chi connectivity index (χ4v) is 4.06. The predicted octanol–water partition coefficient (Wildman–Crippen LogP) is 2.17. The number of ether oxygens (including phenoxy) is 1. The number of nitrogens with zero attached hydrogens (tertiary/aromatic N) is 3. The largest absolute Gasteiger partial charge is 0.469 e. The van der Waals surface area contributed by atoms with E-state index < -0.39 is 5.92 Å². The summed E-state index contributed by atoms with van der Waals surface area (Å²) in [6.45, 7) is 3.20. The average molecular weight is 407 g/mol. The van der Waals surface area contributed by atoms with Crippen molar-refractivity contribution < 1.29 is 19.1 Å². The SMILES string of the molecule is COC(=O)[C@@H]1CC(=O)N(c2ccc(N3CCN(C(=O)c4ccccc4)CC3)cc2)C1. The third kappa shape index (κ3) is 4.01. The lowest BCUT2D eigenvalue weighted by Gasteiger charge is -2.36. The molecule has 4 rings (SSSR count). The maximum Gasteiger partial charge on any atom is 0.311 e. The molecular weight excluding hydrogens is 382 g/mol. The highest BCUT2D eigenvalue weighted by atomic mass is 16.5. The second-order valence-electron chi connectivity index (χ2n) is 7.59. The smallest absolute Gasteiger partial charge is 0.311 e. The van der Waals surface area contributed by atoms with Crippen molar-refractivity contribution in [3.8, 4) is 0 Å². The molecule has 30 heavy (non-hydrogen) atoms. The van der Waals surface area contributed by atoms with E-state index in [4.69, 9.17) is 4.74 Å². The lowest BCUT2D eigenvalue weighted by atomic mass is 10.1. The van der Waals surface area contributed by atoms with Crippen LogP contribution in [0.1, 0.15) is 16.8 Å². The van der Waals surface area contributed by atoms with Crippen LogP contribution < -0.4 is 9.80 Å². The lowest BCUT2D eigenvalue weighted by molar-refractivity contribution is -0.145. The molecule has 2 aromatic carbocycles. The Morgan fingerprint density at radius 1 is 0.900 bits per heavy atom. The number of benzene rings is 2. The Labute approximate surface area is 175 Å². The minimum Gasteiger partial charge on any atom is -0.469 e. The second-order valence-corrected chi connectivity index (χ2v) is 7.59. The van der Waals surface area contributed by atoms with Crippen LogP contribution in [-0.4, -0.2) is 62.5 Å². The van der Waals surface area contributed by atoms with E-state index in [1.165, 1.54) is 7.11 Å². The monoisotopic (exact) mass is 407 g/mol. The van der Waals surface area contributed by atoms with Gasteiger partial charge in [-0.15, -0.1) is 0 Å². The molecule has 0 bridgehead atoms. The molecule has 7 heteroatoms. The van der Waals surface area contributed by atoms with Crippen molar-refractivity contribution in [1.82, 2.24) is 4.90 Å². The predicted molar refractivity (Wildman–Crippen MR) is 113 cm³/mol. The summed E-state index contributed by atoms with van der Waals surface area (Å²) < 4.78 is 4.77. The standard InChI is InChI=1S/C23H25N3O4/c1-30-23(29)18-15-21(27)26(16-18)20-9-7-19(8-10-20)24-11-13-25(14-12-24)22(28)17-5-3-2-4-6-17/h2-10,18H,11-16H2,1H3/t18-/m1/s1. The summed E-state index contributed by atoms with van der Waals surface area (Å²) in [5.74, 6) is -0.743. The topological polar surface area (TPSA) is 70.2 Å². The Morgan fingerprint density at radius 3 is 2.17 bits per heavy atom. The van der Waals surface area contributed by atoms with E-state index in [1.807, 2.05) is 59.5 Å².